The first-order valence-corrected chi connectivity index (χ1v) is 8.59. The van der Waals surface area contributed by atoms with E-state index >= 15 is 0 Å². The standard InChI is InChI=1S/C13H23NO5S/c1-12(2,3)18-11(15)14-10-9(19-20(5,16)17)8-6-13(10,4)7-8/h8-10H,6-7H2,1-5H3,(H,14,15). The van der Waals surface area contributed by atoms with Crippen LogP contribution in [0.1, 0.15) is 40.5 Å². The van der Waals surface area contributed by atoms with Crippen LogP contribution in [0.25, 0.3) is 0 Å². The third-order valence-corrected chi connectivity index (χ3v) is 4.53. The van der Waals surface area contributed by atoms with Gasteiger partial charge in [0.15, 0.2) is 0 Å². The maximum Gasteiger partial charge on any atom is 0.407 e. The SMILES string of the molecule is CC(C)(C)OC(=O)NC1C(OS(C)(=O)=O)C2CC1(C)C2. The topological polar surface area (TPSA) is 81.7 Å². The molecule has 3 saturated carbocycles. The summed E-state index contributed by atoms with van der Waals surface area (Å²) in [7, 11) is -3.54. The van der Waals surface area contributed by atoms with Crippen LogP contribution in [0.4, 0.5) is 4.79 Å². The van der Waals surface area contributed by atoms with E-state index in [-0.39, 0.29) is 17.4 Å². The zero-order chi connectivity index (χ0) is 15.3. The van der Waals surface area contributed by atoms with Crippen molar-refractivity contribution in [3.63, 3.8) is 0 Å². The van der Waals surface area contributed by atoms with Crippen LogP contribution in [-0.2, 0) is 19.0 Å². The molecule has 3 fully saturated rings. The Morgan fingerprint density at radius 2 is 1.85 bits per heavy atom. The molecule has 2 atom stereocenters. The van der Waals surface area contributed by atoms with Gasteiger partial charge in [0.25, 0.3) is 10.1 Å². The van der Waals surface area contributed by atoms with Crippen LogP contribution in [0.5, 0.6) is 0 Å². The first kappa shape index (κ1) is 15.6. The van der Waals surface area contributed by atoms with E-state index in [1.807, 2.05) is 6.92 Å². The third kappa shape index (κ3) is 3.25. The van der Waals surface area contributed by atoms with Gasteiger partial charge >= 0.3 is 6.09 Å². The Balaban J connectivity index is 2.06. The van der Waals surface area contributed by atoms with Crippen LogP contribution in [0.3, 0.4) is 0 Å². The average Bonchev–Trinajstić information content (AvgIpc) is 2.48. The molecule has 0 aliphatic heterocycles. The Morgan fingerprint density at radius 1 is 1.30 bits per heavy atom. The molecule has 3 aliphatic rings. The lowest BCUT2D eigenvalue weighted by Gasteiger charge is -2.37. The lowest BCUT2D eigenvalue weighted by Crippen LogP contribution is -2.48. The normalized spacial score (nSPS) is 36.4. The molecule has 0 aromatic rings. The molecule has 0 radical (unpaired) electrons. The Kier molecular flexibility index (Phi) is 3.57. The Bertz CT molecular complexity index is 501. The van der Waals surface area contributed by atoms with Crippen LogP contribution < -0.4 is 5.32 Å². The molecule has 2 unspecified atom stereocenters. The van der Waals surface area contributed by atoms with Gasteiger partial charge in [0.2, 0.25) is 0 Å². The summed E-state index contributed by atoms with van der Waals surface area (Å²) in [6.07, 6.45) is 1.76. The highest BCUT2D eigenvalue weighted by Gasteiger charge is 2.62. The lowest BCUT2D eigenvalue weighted by molar-refractivity contribution is 0.0429. The second-order valence-electron chi connectivity index (χ2n) is 7.21. The van der Waals surface area contributed by atoms with E-state index in [9.17, 15) is 13.2 Å². The quantitative estimate of drug-likeness (QED) is 0.802. The van der Waals surface area contributed by atoms with Crippen molar-refractivity contribution in [2.75, 3.05) is 6.26 Å². The number of fused-ring (bicyclic) bond motifs is 1. The van der Waals surface area contributed by atoms with Crippen molar-refractivity contribution in [3.8, 4) is 0 Å². The molecule has 0 spiro atoms. The minimum Gasteiger partial charge on any atom is -0.444 e. The number of alkyl carbamates (subject to hydrolysis) is 1. The average molecular weight is 305 g/mol. The summed E-state index contributed by atoms with van der Waals surface area (Å²) in [5.41, 5.74) is -0.684. The van der Waals surface area contributed by atoms with Gasteiger partial charge < -0.3 is 10.1 Å². The molecule has 116 valence electrons. The fourth-order valence-corrected chi connectivity index (χ4v) is 3.99. The second-order valence-corrected chi connectivity index (χ2v) is 8.81. The number of carbonyl (C=O) groups excluding carboxylic acids is 1. The monoisotopic (exact) mass is 305 g/mol. The molecular formula is C13H23NO5S. The summed E-state index contributed by atoms with van der Waals surface area (Å²) in [6, 6.07) is -0.322. The number of ether oxygens (including phenoxy) is 1. The minimum atomic E-state index is -3.54. The van der Waals surface area contributed by atoms with Crippen molar-refractivity contribution < 1.29 is 22.1 Å². The van der Waals surface area contributed by atoms with Crippen LogP contribution in [-0.4, -0.2) is 38.5 Å². The number of nitrogens with one attached hydrogen (secondary N) is 1. The van der Waals surface area contributed by atoms with Gasteiger partial charge in [-0.15, -0.1) is 0 Å². The molecule has 0 saturated heterocycles. The van der Waals surface area contributed by atoms with Crippen molar-refractivity contribution in [1.29, 1.82) is 0 Å². The molecule has 2 bridgehead atoms. The lowest BCUT2D eigenvalue weighted by atomic mass is 9.70. The van der Waals surface area contributed by atoms with Crippen LogP contribution in [0.2, 0.25) is 0 Å². The van der Waals surface area contributed by atoms with Gasteiger partial charge in [-0.2, -0.15) is 8.42 Å². The van der Waals surface area contributed by atoms with Crippen molar-refractivity contribution in [2.45, 2.75) is 58.3 Å². The molecule has 1 N–H and O–H groups in total. The number of hydrogen-bond acceptors (Lipinski definition) is 5. The van der Waals surface area contributed by atoms with Crippen molar-refractivity contribution in [1.82, 2.24) is 5.32 Å². The second kappa shape index (κ2) is 4.59. The number of rotatable bonds is 3. The summed E-state index contributed by atoms with van der Waals surface area (Å²) in [5, 5.41) is 2.79. The smallest absolute Gasteiger partial charge is 0.407 e. The van der Waals surface area contributed by atoms with Gasteiger partial charge in [-0.05, 0) is 44.9 Å². The van der Waals surface area contributed by atoms with Gasteiger partial charge in [0.05, 0.1) is 12.3 Å². The Hall–Kier alpha value is -0.820. The molecule has 0 aromatic carbocycles. The molecule has 7 heteroatoms. The summed E-state index contributed by atoms with van der Waals surface area (Å²) >= 11 is 0. The summed E-state index contributed by atoms with van der Waals surface area (Å²) < 4.78 is 33.1. The van der Waals surface area contributed by atoms with E-state index in [2.05, 4.69) is 5.32 Å². The fraction of sp³-hybridized carbons (Fsp3) is 0.923. The fourth-order valence-electron chi connectivity index (χ4n) is 3.32. The molecule has 3 rings (SSSR count). The van der Waals surface area contributed by atoms with E-state index in [0.29, 0.717) is 0 Å². The van der Waals surface area contributed by atoms with E-state index in [1.54, 1.807) is 20.8 Å². The van der Waals surface area contributed by atoms with E-state index in [0.717, 1.165) is 19.1 Å². The molecule has 6 nitrogen and oxygen atoms in total. The van der Waals surface area contributed by atoms with Crippen LogP contribution >= 0.6 is 0 Å². The summed E-state index contributed by atoms with van der Waals surface area (Å²) in [4.78, 5) is 11.9. The van der Waals surface area contributed by atoms with Gasteiger partial charge in [0.1, 0.15) is 11.7 Å². The number of hydrogen-bond donors (Lipinski definition) is 1. The molecule has 0 aromatic heterocycles. The van der Waals surface area contributed by atoms with E-state index in [4.69, 9.17) is 8.92 Å². The molecule has 3 aliphatic carbocycles. The molecule has 0 heterocycles. The Morgan fingerprint density at radius 3 is 2.30 bits per heavy atom. The predicted octanol–water partition coefficient (Wildman–Crippen LogP) is 1.65. The third-order valence-electron chi connectivity index (χ3n) is 3.96. The highest BCUT2D eigenvalue weighted by molar-refractivity contribution is 7.86. The predicted molar refractivity (Wildman–Crippen MR) is 73.7 cm³/mol. The zero-order valence-electron chi connectivity index (χ0n) is 12.6. The van der Waals surface area contributed by atoms with E-state index < -0.39 is 27.9 Å². The van der Waals surface area contributed by atoms with Crippen molar-refractivity contribution >= 4 is 16.2 Å². The maximum atomic E-state index is 11.9. The first-order valence-electron chi connectivity index (χ1n) is 6.77. The van der Waals surface area contributed by atoms with Crippen LogP contribution in [0.15, 0.2) is 0 Å². The van der Waals surface area contributed by atoms with Crippen molar-refractivity contribution in [3.05, 3.63) is 0 Å². The van der Waals surface area contributed by atoms with Gasteiger partial charge in [-0.1, -0.05) is 6.92 Å². The van der Waals surface area contributed by atoms with Gasteiger partial charge in [-0.25, -0.2) is 4.79 Å². The van der Waals surface area contributed by atoms with E-state index in [1.165, 1.54) is 0 Å². The molecule has 20 heavy (non-hydrogen) atoms. The van der Waals surface area contributed by atoms with Crippen LogP contribution in [0, 0.1) is 11.3 Å². The molecule has 1 amide bonds. The highest BCUT2D eigenvalue weighted by atomic mass is 32.2. The zero-order valence-corrected chi connectivity index (χ0v) is 13.4. The van der Waals surface area contributed by atoms with Gasteiger partial charge in [0, 0.05) is 0 Å². The summed E-state index contributed by atoms with van der Waals surface area (Å²) in [6.45, 7) is 7.39. The number of amides is 1. The highest BCUT2D eigenvalue weighted by Crippen LogP contribution is 2.59. The Labute approximate surface area is 120 Å². The van der Waals surface area contributed by atoms with Gasteiger partial charge in [-0.3, -0.25) is 4.18 Å². The molecular weight excluding hydrogens is 282 g/mol. The largest absolute Gasteiger partial charge is 0.444 e. The first-order chi connectivity index (χ1) is 8.90. The summed E-state index contributed by atoms with van der Waals surface area (Å²) in [5.74, 6) is 0.190. The van der Waals surface area contributed by atoms with Crippen molar-refractivity contribution in [2.24, 2.45) is 11.3 Å². The minimum absolute atomic E-state index is 0.100. The number of carbonyl (C=O) groups is 1. The maximum absolute atomic E-state index is 11.9.